The molecule has 2 heterocycles. The molecule has 0 bridgehead atoms. The van der Waals surface area contributed by atoms with E-state index in [9.17, 15) is 0 Å². The Morgan fingerprint density at radius 3 is 2.10 bits per heavy atom. The largest absolute Gasteiger partial charge is 0.373 e. The molecule has 0 aromatic heterocycles. The molecule has 2 saturated heterocycles. The summed E-state index contributed by atoms with van der Waals surface area (Å²) in [6.45, 7) is 7.54. The van der Waals surface area contributed by atoms with E-state index in [0.29, 0.717) is 12.2 Å². The average Bonchev–Trinajstić information content (AvgIpc) is 2.86. The highest BCUT2D eigenvalue weighted by Crippen LogP contribution is 2.10. The lowest BCUT2D eigenvalue weighted by atomic mass is 10.4. The molecule has 2 heteroatoms. The van der Waals surface area contributed by atoms with Crippen LogP contribution in [0.1, 0.15) is 13.3 Å². The van der Waals surface area contributed by atoms with Gasteiger partial charge in [-0.25, -0.2) is 0 Å². The number of hydrogen-bond acceptors (Lipinski definition) is 2. The minimum atomic E-state index is 0.398. The summed E-state index contributed by atoms with van der Waals surface area (Å²) in [5.41, 5.74) is 0. The molecular formula is C8H14O2. The van der Waals surface area contributed by atoms with Gasteiger partial charge in [-0.2, -0.15) is 0 Å². The van der Waals surface area contributed by atoms with Crippen LogP contribution in [-0.4, -0.2) is 25.4 Å². The lowest BCUT2D eigenvalue weighted by Crippen LogP contribution is -1.73. The summed E-state index contributed by atoms with van der Waals surface area (Å²) < 4.78 is 9.60. The summed E-state index contributed by atoms with van der Waals surface area (Å²) in [5, 5.41) is 0. The Bertz CT molecular complexity index is 104. The Balaban J connectivity index is 0.0000001000. The van der Waals surface area contributed by atoms with Crippen LogP contribution in [0.25, 0.3) is 0 Å². The maximum Gasteiger partial charge on any atom is 0.0988 e. The SMILES string of the molecule is C=CC1CO1.CCC1CO1. The Morgan fingerprint density at radius 2 is 2.10 bits per heavy atom. The van der Waals surface area contributed by atoms with Gasteiger partial charge < -0.3 is 9.47 Å². The fourth-order valence-corrected chi connectivity index (χ4v) is 0.495. The highest BCUT2D eigenvalue weighted by molar-refractivity contribution is 4.87. The highest BCUT2D eigenvalue weighted by Gasteiger charge is 2.18. The van der Waals surface area contributed by atoms with Gasteiger partial charge in [0.15, 0.2) is 0 Å². The fourth-order valence-electron chi connectivity index (χ4n) is 0.495. The van der Waals surface area contributed by atoms with Crippen LogP contribution < -0.4 is 0 Å². The Kier molecular flexibility index (Phi) is 2.90. The first kappa shape index (κ1) is 7.76. The third-order valence-electron chi connectivity index (χ3n) is 1.48. The molecule has 0 spiro atoms. The predicted molar refractivity (Wildman–Crippen MR) is 40.0 cm³/mol. The Labute approximate surface area is 61.8 Å². The van der Waals surface area contributed by atoms with Crippen LogP contribution >= 0.6 is 0 Å². The number of hydrogen-bond donors (Lipinski definition) is 0. The molecule has 0 radical (unpaired) electrons. The van der Waals surface area contributed by atoms with E-state index in [1.54, 1.807) is 6.08 Å². The third-order valence-corrected chi connectivity index (χ3v) is 1.48. The van der Waals surface area contributed by atoms with Crippen molar-refractivity contribution in [2.75, 3.05) is 13.2 Å². The van der Waals surface area contributed by atoms with Crippen molar-refractivity contribution in [3.8, 4) is 0 Å². The lowest BCUT2D eigenvalue weighted by molar-refractivity contribution is 0.403. The maximum absolute atomic E-state index is 4.86. The number of epoxide rings is 2. The molecule has 0 amide bonds. The molecule has 0 aliphatic carbocycles. The zero-order chi connectivity index (χ0) is 7.40. The van der Waals surface area contributed by atoms with E-state index in [1.807, 2.05) is 0 Å². The van der Waals surface area contributed by atoms with Gasteiger partial charge in [0.25, 0.3) is 0 Å². The van der Waals surface area contributed by atoms with E-state index in [1.165, 1.54) is 6.42 Å². The second-order valence-corrected chi connectivity index (χ2v) is 2.47. The van der Waals surface area contributed by atoms with Crippen LogP contribution in [0, 0.1) is 0 Å². The second-order valence-electron chi connectivity index (χ2n) is 2.47. The molecule has 2 unspecified atom stereocenters. The van der Waals surface area contributed by atoms with Crippen molar-refractivity contribution in [3.05, 3.63) is 12.7 Å². The fraction of sp³-hybridized carbons (Fsp3) is 0.750. The number of rotatable bonds is 2. The van der Waals surface area contributed by atoms with Gasteiger partial charge in [0.2, 0.25) is 0 Å². The first-order valence-corrected chi connectivity index (χ1v) is 3.72. The number of ether oxygens (including phenoxy) is 2. The van der Waals surface area contributed by atoms with Gasteiger partial charge in [0.05, 0.1) is 25.4 Å². The van der Waals surface area contributed by atoms with Crippen LogP contribution in [0.4, 0.5) is 0 Å². The second kappa shape index (κ2) is 3.74. The molecule has 0 N–H and O–H groups in total. The average molecular weight is 142 g/mol. The van der Waals surface area contributed by atoms with Crippen molar-refractivity contribution in [1.82, 2.24) is 0 Å². The lowest BCUT2D eigenvalue weighted by Gasteiger charge is -1.69. The van der Waals surface area contributed by atoms with Crippen LogP contribution in [0.15, 0.2) is 12.7 Å². The molecule has 2 aliphatic heterocycles. The summed E-state index contributed by atoms with van der Waals surface area (Å²) in [7, 11) is 0. The summed E-state index contributed by atoms with van der Waals surface area (Å²) in [6, 6.07) is 0. The standard InChI is InChI=1S/C4H8O.C4H6O/c2*1-2-4-3-5-4/h4H,2-3H2,1H3;2,4H,1,3H2. The van der Waals surface area contributed by atoms with Crippen molar-refractivity contribution in [2.45, 2.75) is 25.6 Å². The topological polar surface area (TPSA) is 25.1 Å². The first-order chi connectivity index (χ1) is 4.86. The van der Waals surface area contributed by atoms with Crippen molar-refractivity contribution in [3.63, 3.8) is 0 Å². The van der Waals surface area contributed by atoms with Gasteiger partial charge in [0.1, 0.15) is 0 Å². The third kappa shape index (κ3) is 3.64. The van der Waals surface area contributed by atoms with Gasteiger partial charge >= 0.3 is 0 Å². The van der Waals surface area contributed by atoms with Gasteiger partial charge in [-0.05, 0) is 6.42 Å². The van der Waals surface area contributed by atoms with E-state index in [4.69, 9.17) is 9.47 Å². The molecule has 10 heavy (non-hydrogen) atoms. The molecule has 2 fully saturated rings. The minimum Gasteiger partial charge on any atom is -0.373 e. The van der Waals surface area contributed by atoms with Crippen molar-refractivity contribution in [1.29, 1.82) is 0 Å². The zero-order valence-electron chi connectivity index (χ0n) is 6.38. The molecule has 2 rings (SSSR count). The van der Waals surface area contributed by atoms with Crippen LogP contribution in [-0.2, 0) is 9.47 Å². The molecule has 2 atom stereocenters. The summed E-state index contributed by atoms with van der Waals surface area (Å²) in [5.74, 6) is 0. The summed E-state index contributed by atoms with van der Waals surface area (Å²) in [6.07, 6.45) is 4.03. The van der Waals surface area contributed by atoms with Crippen LogP contribution in [0.3, 0.4) is 0 Å². The zero-order valence-corrected chi connectivity index (χ0v) is 6.38. The normalized spacial score (nSPS) is 33.7. The maximum atomic E-state index is 4.86. The van der Waals surface area contributed by atoms with E-state index in [2.05, 4.69) is 13.5 Å². The van der Waals surface area contributed by atoms with Gasteiger partial charge in [0, 0.05) is 0 Å². The molecule has 58 valence electrons. The van der Waals surface area contributed by atoms with E-state index < -0.39 is 0 Å². The molecular weight excluding hydrogens is 128 g/mol. The van der Waals surface area contributed by atoms with Gasteiger partial charge in [-0.15, -0.1) is 6.58 Å². The summed E-state index contributed by atoms with van der Waals surface area (Å²) in [4.78, 5) is 0. The van der Waals surface area contributed by atoms with E-state index in [0.717, 1.165) is 13.2 Å². The molecule has 0 aromatic carbocycles. The molecule has 0 aromatic rings. The van der Waals surface area contributed by atoms with Crippen molar-refractivity contribution >= 4 is 0 Å². The monoisotopic (exact) mass is 142 g/mol. The molecule has 0 saturated carbocycles. The van der Waals surface area contributed by atoms with Gasteiger partial charge in [-0.3, -0.25) is 0 Å². The Morgan fingerprint density at radius 1 is 1.50 bits per heavy atom. The van der Waals surface area contributed by atoms with E-state index in [-0.39, 0.29) is 0 Å². The van der Waals surface area contributed by atoms with Crippen LogP contribution in [0.2, 0.25) is 0 Å². The molecule has 2 aliphatic rings. The predicted octanol–water partition coefficient (Wildman–Crippen LogP) is 1.37. The summed E-state index contributed by atoms with van der Waals surface area (Å²) >= 11 is 0. The van der Waals surface area contributed by atoms with E-state index >= 15 is 0 Å². The van der Waals surface area contributed by atoms with Crippen molar-refractivity contribution in [2.24, 2.45) is 0 Å². The molecule has 2 nitrogen and oxygen atoms in total. The Hall–Kier alpha value is -0.340. The first-order valence-electron chi connectivity index (χ1n) is 3.72. The van der Waals surface area contributed by atoms with Crippen LogP contribution in [0.5, 0.6) is 0 Å². The highest BCUT2D eigenvalue weighted by atomic mass is 16.6. The van der Waals surface area contributed by atoms with Gasteiger partial charge in [-0.1, -0.05) is 13.0 Å². The van der Waals surface area contributed by atoms with Crippen molar-refractivity contribution < 1.29 is 9.47 Å². The smallest absolute Gasteiger partial charge is 0.0988 e. The minimum absolute atomic E-state index is 0.398. The quantitative estimate of drug-likeness (QED) is 0.429.